The van der Waals surface area contributed by atoms with E-state index in [1.807, 2.05) is 30.3 Å². The van der Waals surface area contributed by atoms with Crippen molar-refractivity contribution in [2.24, 2.45) is 0 Å². The van der Waals surface area contributed by atoms with E-state index in [9.17, 15) is 9.59 Å². The normalized spacial score (nSPS) is 10.9. The van der Waals surface area contributed by atoms with Crippen LogP contribution in [-0.2, 0) is 0 Å². The van der Waals surface area contributed by atoms with Crippen LogP contribution < -0.4 is 16.3 Å². The molecular formula is C19H13BrN4O2S. The van der Waals surface area contributed by atoms with Gasteiger partial charge < -0.3 is 15.3 Å². The highest BCUT2D eigenvalue weighted by Crippen LogP contribution is 2.26. The minimum absolute atomic E-state index is 0.171. The number of aromatic amines is 2. The molecule has 1 aromatic heterocycles. The van der Waals surface area contributed by atoms with E-state index < -0.39 is 0 Å². The van der Waals surface area contributed by atoms with Crippen LogP contribution in [0.3, 0.4) is 0 Å². The number of carbonyl (C=O) groups excluding carboxylic acids is 1. The molecular weight excluding hydrogens is 428 g/mol. The second kappa shape index (κ2) is 6.98. The molecule has 0 aliphatic carbocycles. The number of fused-ring (bicyclic) bond motifs is 2. The molecule has 6 nitrogen and oxygen atoms in total. The standard InChI is InChI=1S/C19H13BrN4O2S/c20-14-6-2-3-11-12(14)4-1-5-13(11)17(25)24-19(27)21-10-7-8-15-16(9-10)23-18(26)22-15/h1-9H,(H2,22,23,26)(H2,21,24,25,27). The van der Waals surface area contributed by atoms with Gasteiger partial charge in [0.2, 0.25) is 0 Å². The topological polar surface area (TPSA) is 89.8 Å². The largest absolute Gasteiger partial charge is 0.332 e. The van der Waals surface area contributed by atoms with Crippen molar-refractivity contribution in [1.29, 1.82) is 0 Å². The number of benzene rings is 3. The van der Waals surface area contributed by atoms with E-state index in [4.69, 9.17) is 12.2 Å². The van der Waals surface area contributed by atoms with Crippen LogP contribution in [0.1, 0.15) is 10.4 Å². The summed E-state index contributed by atoms with van der Waals surface area (Å²) in [6, 6.07) is 16.5. The van der Waals surface area contributed by atoms with Gasteiger partial charge in [0, 0.05) is 15.7 Å². The summed E-state index contributed by atoms with van der Waals surface area (Å²) in [5.74, 6) is -0.299. The lowest BCUT2D eigenvalue weighted by molar-refractivity contribution is 0.0979. The molecule has 4 rings (SSSR count). The smallest absolute Gasteiger partial charge is 0.323 e. The van der Waals surface area contributed by atoms with Crippen LogP contribution in [0, 0.1) is 0 Å². The Morgan fingerprint density at radius 3 is 2.56 bits per heavy atom. The molecule has 0 aliphatic heterocycles. The fourth-order valence-corrected chi connectivity index (χ4v) is 3.62. The average Bonchev–Trinajstić information content (AvgIpc) is 3.00. The number of H-pyrrole nitrogens is 2. The number of amides is 1. The van der Waals surface area contributed by atoms with Gasteiger partial charge >= 0.3 is 5.69 Å². The molecule has 0 unspecified atom stereocenters. The number of hydrogen-bond acceptors (Lipinski definition) is 3. The summed E-state index contributed by atoms with van der Waals surface area (Å²) >= 11 is 8.76. The number of hydrogen-bond donors (Lipinski definition) is 4. The van der Waals surface area contributed by atoms with Crippen LogP contribution in [0.15, 0.2) is 63.9 Å². The fourth-order valence-electron chi connectivity index (χ4n) is 2.91. The average molecular weight is 441 g/mol. The van der Waals surface area contributed by atoms with Crippen molar-refractivity contribution in [2.45, 2.75) is 0 Å². The second-order valence-corrected chi connectivity index (χ2v) is 7.15. The molecule has 3 aromatic carbocycles. The quantitative estimate of drug-likeness (QED) is 0.356. The highest BCUT2D eigenvalue weighted by molar-refractivity contribution is 9.10. The Morgan fingerprint density at radius 1 is 0.963 bits per heavy atom. The zero-order valence-corrected chi connectivity index (χ0v) is 16.2. The molecule has 1 heterocycles. The van der Waals surface area contributed by atoms with Crippen molar-refractivity contribution in [2.75, 3.05) is 5.32 Å². The highest BCUT2D eigenvalue weighted by atomic mass is 79.9. The summed E-state index contributed by atoms with van der Waals surface area (Å²) in [6.45, 7) is 0. The Hall–Kier alpha value is -2.97. The SMILES string of the molecule is O=C(NC(=S)Nc1ccc2[nH]c(=O)[nH]c2c1)c1cccc2c(Br)cccc12. The van der Waals surface area contributed by atoms with Gasteiger partial charge in [0.05, 0.1) is 11.0 Å². The number of halogens is 1. The third-order valence-electron chi connectivity index (χ3n) is 4.11. The molecule has 0 spiro atoms. The number of aromatic nitrogens is 2. The molecule has 4 aromatic rings. The number of carbonyl (C=O) groups is 1. The summed E-state index contributed by atoms with van der Waals surface area (Å²) in [5.41, 5.74) is 2.26. The summed E-state index contributed by atoms with van der Waals surface area (Å²) in [6.07, 6.45) is 0. The van der Waals surface area contributed by atoms with Crippen molar-refractivity contribution >= 4 is 66.7 Å². The Labute approximate surface area is 167 Å². The molecule has 8 heteroatoms. The Bertz CT molecular complexity index is 1260. The maximum absolute atomic E-state index is 12.7. The summed E-state index contributed by atoms with van der Waals surface area (Å²) in [7, 11) is 0. The minimum atomic E-state index is -0.299. The number of thiocarbonyl (C=S) groups is 1. The number of nitrogens with one attached hydrogen (secondary N) is 4. The van der Waals surface area contributed by atoms with E-state index in [1.54, 1.807) is 24.3 Å². The fraction of sp³-hybridized carbons (Fsp3) is 0. The van der Waals surface area contributed by atoms with Crippen LogP contribution in [0.2, 0.25) is 0 Å². The third-order valence-corrected chi connectivity index (χ3v) is 5.01. The monoisotopic (exact) mass is 440 g/mol. The lowest BCUT2D eigenvalue weighted by atomic mass is 10.0. The van der Waals surface area contributed by atoms with Crippen molar-refractivity contribution < 1.29 is 4.79 Å². The maximum atomic E-state index is 12.7. The van der Waals surface area contributed by atoms with Gasteiger partial charge in [-0.05, 0) is 53.3 Å². The van der Waals surface area contributed by atoms with Crippen LogP contribution in [0.4, 0.5) is 5.69 Å². The minimum Gasteiger partial charge on any atom is -0.332 e. The van der Waals surface area contributed by atoms with Crippen molar-refractivity contribution in [3.63, 3.8) is 0 Å². The third kappa shape index (κ3) is 3.49. The molecule has 134 valence electrons. The Morgan fingerprint density at radius 2 is 1.70 bits per heavy atom. The van der Waals surface area contributed by atoms with Gasteiger partial charge in [-0.2, -0.15) is 0 Å². The molecule has 0 radical (unpaired) electrons. The molecule has 1 amide bonds. The first-order valence-corrected chi connectivity index (χ1v) is 9.23. The molecule has 0 bridgehead atoms. The van der Waals surface area contributed by atoms with Crippen molar-refractivity contribution in [3.05, 3.63) is 75.1 Å². The predicted octanol–water partition coefficient (Wildman–Crippen LogP) is 3.90. The molecule has 4 N–H and O–H groups in total. The van der Waals surface area contributed by atoms with Gasteiger partial charge in [-0.25, -0.2) is 4.79 Å². The van der Waals surface area contributed by atoms with E-state index in [0.717, 1.165) is 15.2 Å². The highest BCUT2D eigenvalue weighted by Gasteiger charge is 2.12. The molecule has 0 saturated carbocycles. The summed E-state index contributed by atoms with van der Waals surface area (Å²) in [5, 5.41) is 7.61. The lowest BCUT2D eigenvalue weighted by Gasteiger charge is -2.11. The number of imidazole rings is 1. The zero-order chi connectivity index (χ0) is 19.0. The van der Waals surface area contributed by atoms with E-state index in [0.29, 0.717) is 22.3 Å². The molecule has 0 saturated heterocycles. The molecule has 0 atom stereocenters. The first kappa shape index (κ1) is 17.4. The van der Waals surface area contributed by atoms with E-state index in [-0.39, 0.29) is 16.7 Å². The summed E-state index contributed by atoms with van der Waals surface area (Å²) in [4.78, 5) is 29.4. The lowest BCUT2D eigenvalue weighted by Crippen LogP contribution is -2.34. The Balaban J connectivity index is 1.54. The van der Waals surface area contributed by atoms with Crippen LogP contribution in [0.25, 0.3) is 21.8 Å². The van der Waals surface area contributed by atoms with E-state index in [2.05, 4.69) is 36.5 Å². The van der Waals surface area contributed by atoms with Crippen molar-refractivity contribution in [1.82, 2.24) is 15.3 Å². The van der Waals surface area contributed by atoms with Crippen LogP contribution in [0.5, 0.6) is 0 Å². The van der Waals surface area contributed by atoms with Crippen molar-refractivity contribution in [3.8, 4) is 0 Å². The van der Waals surface area contributed by atoms with Gasteiger partial charge in [-0.15, -0.1) is 0 Å². The van der Waals surface area contributed by atoms with Crippen LogP contribution >= 0.6 is 28.1 Å². The second-order valence-electron chi connectivity index (χ2n) is 5.89. The summed E-state index contributed by atoms with van der Waals surface area (Å²) < 4.78 is 0.921. The van der Waals surface area contributed by atoms with Gasteiger partial charge in [-0.1, -0.05) is 40.2 Å². The van der Waals surface area contributed by atoms with Gasteiger partial charge in [-0.3, -0.25) is 10.1 Å². The number of anilines is 1. The molecule has 27 heavy (non-hydrogen) atoms. The van der Waals surface area contributed by atoms with E-state index in [1.165, 1.54) is 0 Å². The zero-order valence-electron chi connectivity index (χ0n) is 13.8. The Kier molecular flexibility index (Phi) is 4.51. The molecule has 0 fully saturated rings. The first-order valence-electron chi connectivity index (χ1n) is 8.03. The van der Waals surface area contributed by atoms with Gasteiger partial charge in [0.25, 0.3) is 5.91 Å². The first-order chi connectivity index (χ1) is 13.0. The van der Waals surface area contributed by atoms with E-state index >= 15 is 0 Å². The van der Waals surface area contributed by atoms with Gasteiger partial charge in [0.1, 0.15) is 0 Å². The van der Waals surface area contributed by atoms with Gasteiger partial charge in [0.15, 0.2) is 5.11 Å². The number of rotatable bonds is 2. The molecule has 0 aliphatic rings. The maximum Gasteiger partial charge on any atom is 0.323 e. The van der Waals surface area contributed by atoms with Crippen LogP contribution in [-0.4, -0.2) is 21.0 Å². The predicted molar refractivity (Wildman–Crippen MR) is 114 cm³/mol.